The summed E-state index contributed by atoms with van der Waals surface area (Å²) in [7, 11) is 2.19. The van der Waals surface area contributed by atoms with Gasteiger partial charge in [-0.25, -0.2) is 9.97 Å². The molecule has 2 heterocycles. The second kappa shape index (κ2) is 4.26. The highest BCUT2D eigenvalue weighted by atomic mass is 15.3. The van der Waals surface area contributed by atoms with Gasteiger partial charge in [-0.05, 0) is 33.2 Å². The van der Waals surface area contributed by atoms with Crippen molar-refractivity contribution in [2.24, 2.45) is 0 Å². The minimum atomic E-state index is 0.930. The van der Waals surface area contributed by atoms with Crippen molar-refractivity contribution >= 4 is 5.82 Å². The van der Waals surface area contributed by atoms with E-state index in [1.54, 1.807) is 0 Å². The van der Waals surface area contributed by atoms with Crippen molar-refractivity contribution < 1.29 is 0 Å². The fourth-order valence-electron chi connectivity index (χ4n) is 2.81. The summed E-state index contributed by atoms with van der Waals surface area (Å²) in [6, 6.07) is 0. The van der Waals surface area contributed by atoms with Crippen molar-refractivity contribution in [3.63, 3.8) is 0 Å². The first-order valence-electron chi connectivity index (χ1n) is 6.54. The average molecular weight is 232 g/mol. The Morgan fingerprint density at radius 1 is 1.00 bits per heavy atom. The topological polar surface area (TPSA) is 32.3 Å². The molecule has 0 amide bonds. The van der Waals surface area contributed by atoms with Crippen LogP contribution in [0.2, 0.25) is 0 Å². The number of nitrogens with zero attached hydrogens (tertiary/aromatic N) is 4. The van der Waals surface area contributed by atoms with Crippen LogP contribution in [0.1, 0.15) is 23.5 Å². The molecular weight excluding hydrogens is 212 g/mol. The molecule has 0 bridgehead atoms. The largest absolute Gasteiger partial charge is 0.354 e. The molecule has 92 valence electrons. The van der Waals surface area contributed by atoms with E-state index in [-0.39, 0.29) is 0 Å². The Morgan fingerprint density at radius 3 is 2.53 bits per heavy atom. The lowest BCUT2D eigenvalue weighted by atomic mass is 10.2. The molecule has 1 aromatic heterocycles. The van der Waals surface area contributed by atoms with Gasteiger partial charge in [-0.15, -0.1) is 0 Å². The minimum Gasteiger partial charge on any atom is -0.354 e. The van der Waals surface area contributed by atoms with Crippen LogP contribution in [-0.2, 0) is 12.8 Å². The Hall–Kier alpha value is -1.16. The van der Waals surface area contributed by atoms with Gasteiger partial charge in [0.25, 0.3) is 0 Å². The minimum absolute atomic E-state index is 0.930. The van der Waals surface area contributed by atoms with E-state index >= 15 is 0 Å². The van der Waals surface area contributed by atoms with Crippen LogP contribution in [0.15, 0.2) is 0 Å². The van der Waals surface area contributed by atoms with Gasteiger partial charge < -0.3 is 9.80 Å². The maximum Gasteiger partial charge on any atom is 0.135 e. The quantitative estimate of drug-likeness (QED) is 0.724. The van der Waals surface area contributed by atoms with Gasteiger partial charge in [-0.3, -0.25) is 0 Å². The normalized spacial score (nSPS) is 20.7. The van der Waals surface area contributed by atoms with Gasteiger partial charge in [0.1, 0.15) is 11.6 Å². The third-order valence-electron chi connectivity index (χ3n) is 3.83. The zero-order valence-electron chi connectivity index (χ0n) is 10.7. The van der Waals surface area contributed by atoms with Gasteiger partial charge in [0.05, 0.1) is 0 Å². The summed E-state index contributed by atoms with van der Waals surface area (Å²) in [6.45, 7) is 6.48. The number of hydrogen-bond acceptors (Lipinski definition) is 4. The number of anilines is 1. The van der Waals surface area contributed by atoms with Crippen LogP contribution >= 0.6 is 0 Å². The summed E-state index contributed by atoms with van der Waals surface area (Å²) in [5, 5.41) is 0. The van der Waals surface area contributed by atoms with Crippen molar-refractivity contribution in [1.29, 1.82) is 0 Å². The molecule has 1 aliphatic carbocycles. The zero-order valence-corrected chi connectivity index (χ0v) is 10.7. The summed E-state index contributed by atoms with van der Waals surface area (Å²) < 4.78 is 0. The van der Waals surface area contributed by atoms with Gasteiger partial charge >= 0.3 is 0 Å². The fourth-order valence-corrected chi connectivity index (χ4v) is 2.81. The number of hydrogen-bond donors (Lipinski definition) is 0. The van der Waals surface area contributed by atoms with Gasteiger partial charge in [-0.1, -0.05) is 0 Å². The molecule has 1 aliphatic heterocycles. The highest BCUT2D eigenvalue weighted by Gasteiger charge is 2.23. The molecular formula is C13H20N4. The van der Waals surface area contributed by atoms with Crippen molar-refractivity contribution in [1.82, 2.24) is 14.9 Å². The van der Waals surface area contributed by atoms with E-state index in [1.807, 2.05) is 6.92 Å². The SMILES string of the molecule is Cc1nc2c(c(N3CCN(C)CC3)n1)CCC2. The molecule has 1 fully saturated rings. The lowest BCUT2D eigenvalue weighted by molar-refractivity contribution is 0.311. The molecule has 3 rings (SSSR count). The third kappa shape index (κ3) is 2.02. The Bertz CT molecular complexity index is 422. The summed E-state index contributed by atoms with van der Waals surface area (Å²) in [5.74, 6) is 2.15. The van der Waals surface area contributed by atoms with Crippen molar-refractivity contribution in [3.8, 4) is 0 Å². The number of fused-ring (bicyclic) bond motifs is 1. The van der Waals surface area contributed by atoms with Gasteiger partial charge in [0.2, 0.25) is 0 Å². The molecule has 1 aromatic rings. The average Bonchev–Trinajstić information content (AvgIpc) is 2.77. The van der Waals surface area contributed by atoms with Crippen LogP contribution in [0, 0.1) is 6.92 Å². The fraction of sp³-hybridized carbons (Fsp3) is 0.692. The Morgan fingerprint density at radius 2 is 1.76 bits per heavy atom. The molecule has 17 heavy (non-hydrogen) atoms. The van der Waals surface area contributed by atoms with E-state index in [0.29, 0.717) is 0 Å². The van der Waals surface area contributed by atoms with Crippen LogP contribution < -0.4 is 4.90 Å². The van der Waals surface area contributed by atoms with Crippen molar-refractivity contribution in [2.75, 3.05) is 38.1 Å². The molecule has 4 heteroatoms. The number of aryl methyl sites for hydroxylation is 2. The number of aromatic nitrogens is 2. The second-order valence-corrected chi connectivity index (χ2v) is 5.16. The maximum atomic E-state index is 4.69. The van der Waals surface area contributed by atoms with E-state index in [0.717, 1.165) is 44.8 Å². The second-order valence-electron chi connectivity index (χ2n) is 5.16. The van der Waals surface area contributed by atoms with E-state index in [2.05, 4.69) is 26.8 Å². The van der Waals surface area contributed by atoms with Crippen LogP contribution in [0.5, 0.6) is 0 Å². The van der Waals surface area contributed by atoms with Crippen LogP contribution in [0.3, 0.4) is 0 Å². The van der Waals surface area contributed by atoms with Crippen LogP contribution in [0.4, 0.5) is 5.82 Å². The Kier molecular flexibility index (Phi) is 2.74. The summed E-state index contributed by atoms with van der Waals surface area (Å²) in [5.41, 5.74) is 2.71. The van der Waals surface area contributed by atoms with E-state index in [9.17, 15) is 0 Å². The Labute approximate surface area is 103 Å². The third-order valence-corrected chi connectivity index (χ3v) is 3.83. The standard InChI is InChI=1S/C13H20N4/c1-10-14-12-5-3-4-11(12)13(15-10)17-8-6-16(2)7-9-17/h3-9H2,1-2H3. The molecule has 0 radical (unpaired) electrons. The van der Waals surface area contributed by atoms with E-state index in [1.165, 1.54) is 23.5 Å². The molecule has 0 unspecified atom stereocenters. The highest BCUT2D eigenvalue weighted by Crippen LogP contribution is 2.29. The zero-order chi connectivity index (χ0) is 11.8. The first kappa shape index (κ1) is 11.0. The van der Waals surface area contributed by atoms with Gasteiger partial charge in [0, 0.05) is 37.4 Å². The molecule has 1 saturated heterocycles. The lowest BCUT2D eigenvalue weighted by Gasteiger charge is -2.34. The van der Waals surface area contributed by atoms with Crippen molar-refractivity contribution in [2.45, 2.75) is 26.2 Å². The molecule has 0 N–H and O–H groups in total. The number of rotatable bonds is 1. The maximum absolute atomic E-state index is 4.69. The highest BCUT2D eigenvalue weighted by molar-refractivity contribution is 5.51. The predicted octanol–water partition coefficient (Wildman–Crippen LogP) is 1.03. The van der Waals surface area contributed by atoms with E-state index in [4.69, 9.17) is 0 Å². The molecule has 0 saturated carbocycles. The molecule has 4 nitrogen and oxygen atoms in total. The molecule has 0 aromatic carbocycles. The monoisotopic (exact) mass is 232 g/mol. The number of piperazine rings is 1. The summed E-state index contributed by atoms with van der Waals surface area (Å²) in [6.07, 6.45) is 3.55. The van der Waals surface area contributed by atoms with Gasteiger partial charge in [-0.2, -0.15) is 0 Å². The Balaban J connectivity index is 1.92. The summed E-state index contributed by atoms with van der Waals surface area (Å²) >= 11 is 0. The van der Waals surface area contributed by atoms with Crippen molar-refractivity contribution in [3.05, 3.63) is 17.1 Å². The molecule has 0 spiro atoms. The van der Waals surface area contributed by atoms with Gasteiger partial charge in [0.15, 0.2) is 0 Å². The summed E-state index contributed by atoms with van der Waals surface area (Å²) in [4.78, 5) is 14.1. The van der Waals surface area contributed by atoms with Crippen LogP contribution in [0.25, 0.3) is 0 Å². The lowest BCUT2D eigenvalue weighted by Crippen LogP contribution is -2.45. The first-order chi connectivity index (χ1) is 8.24. The predicted molar refractivity (Wildman–Crippen MR) is 68.5 cm³/mol. The first-order valence-corrected chi connectivity index (χ1v) is 6.54. The molecule has 0 atom stereocenters. The van der Waals surface area contributed by atoms with Crippen LogP contribution in [-0.4, -0.2) is 48.1 Å². The van der Waals surface area contributed by atoms with E-state index < -0.39 is 0 Å². The smallest absolute Gasteiger partial charge is 0.135 e. The molecule has 2 aliphatic rings. The number of likely N-dealkylation sites (N-methyl/N-ethyl adjacent to an activating group) is 1.